The first-order valence-electron chi connectivity index (χ1n) is 7.48. The lowest BCUT2D eigenvalue weighted by atomic mass is 9.99. The number of rotatable bonds is 3. The van der Waals surface area contributed by atoms with Crippen LogP contribution >= 0.6 is 0 Å². The van der Waals surface area contributed by atoms with Gasteiger partial charge in [-0.25, -0.2) is 0 Å². The number of carbonyl (C=O) groups excluding carboxylic acids is 1. The van der Waals surface area contributed by atoms with Gasteiger partial charge in [0.15, 0.2) is 0 Å². The standard InChI is InChI=1S/C16H22N2O2/c1-18-8-2-4-12-10-13(6-7-15(12)18)16(19)17-11-14-5-3-9-20-14/h6-7,10,14H,2-5,8-9,11H2,1H3,(H,17,19). The summed E-state index contributed by atoms with van der Waals surface area (Å²) < 4.78 is 5.52. The van der Waals surface area contributed by atoms with E-state index in [1.807, 2.05) is 12.1 Å². The maximum absolute atomic E-state index is 12.2. The summed E-state index contributed by atoms with van der Waals surface area (Å²) in [6.45, 7) is 2.54. The summed E-state index contributed by atoms with van der Waals surface area (Å²) in [5.41, 5.74) is 3.30. The van der Waals surface area contributed by atoms with Crippen LogP contribution in [0.3, 0.4) is 0 Å². The zero-order valence-corrected chi connectivity index (χ0v) is 12.0. The molecule has 0 aliphatic carbocycles. The van der Waals surface area contributed by atoms with Crippen molar-refractivity contribution in [3.8, 4) is 0 Å². The Morgan fingerprint density at radius 1 is 1.45 bits per heavy atom. The van der Waals surface area contributed by atoms with Crippen LogP contribution < -0.4 is 10.2 Å². The van der Waals surface area contributed by atoms with E-state index in [0.717, 1.165) is 44.4 Å². The normalized spacial score (nSPS) is 21.6. The predicted molar refractivity (Wildman–Crippen MR) is 79.3 cm³/mol. The van der Waals surface area contributed by atoms with Crippen LogP contribution in [0.4, 0.5) is 5.69 Å². The molecule has 1 atom stereocenters. The maximum atomic E-state index is 12.2. The van der Waals surface area contributed by atoms with Crippen molar-refractivity contribution in [3.63, 3.8) is 0 Å². The molecule has 4 heteroatoms. The fraction of sp³-hybridized carbons (Fsp3) is 0.562. The summed E-state index contributed by atoms with van der Waals surface area (Å²) in [6, 6.07) is 6.02. The van der Waals surface area contributed by atoms with Gasteiger partial charge >= 0.3 is 0 Å². The van der Waals surface area contributed by atoms with Crippen molar-refractivity contribution in [1.29, 1.82) is 0 Å². The summed E-state index contributed by atoms with van der Waals surface area (Å²) in [7, 11) is 2.11. The molecule has 4 nitrogen and oxygen atoms in total. The number of amides is 1. The molecule has 1 N–H and O–H groups in total. The Balaban J connectivity index is 1.65. The molecular weight excluding hydrogens is 252 g/mol. The van der Waals surface area contributed by atoms with Crippen LogP contribution in [0.1, 0.15) is 35.2 Å². The highest BCUT2D eigenvalue weighted by molar-refractivity contribution is 5.95. The molecule has 2 aliphatic rings. The molecule has 1 amide bonds. The van der Waals surface area contributed by atoms with Crippen LogP contribution in [0.5, 0.6) is 0 Å². The van der Waals surface area contributed by atoms with Crippen LogP contribution in [-0.4, -0.2) is 38.8 Å². The number of ether oxygens (including phenoxy) is 1. The van der Waals surface area contributed by atoms with E-state index >= 15 is 0 Å². The number of hydrogen-bond acceptors (Lipinski definition) is 3. The summed E-state index contributed by atoms with van der Waals surface area (Å²) in [4.78, 5) is 14.4. The summed E-state index contributed by atoms with van der Waals surface area (Å²) in [5, 5.41) is 2.98. The quantitative estimate of drug-likeness (QED) is 0.916. The lowest BCUT2D eigenvalue weighted by molar-refractivity contribution is 0.0857. The fourth-order valence-corrected chi connectivity index (χ4v) is 3.04. The van der Waals surface area contributed by atoms with Crippen molar-refractivity contribution in [3.05, 3.63) is 29.3 Å². The summed E-state index contributed by atoms with van der Waals surface area (Å²) in [5.74, 6) is 0.0107. The van der Waals surface area contributed by atoms with Gasteiger partial charge in [-0.2, -0.15) is 0 Å². The average Bonchev–Trinajstić information content (AvgIpc) is 2.98. The van der Waals surface area contributed by atoms with Crippen molar-refractivity contribution in [2.75, 3.05) is 31.6 Å². The zero-order chi connectivity index (χ0) is 13.9. The second kappa shape index (κ2) is 5.83. The Bertz CT molecular complexity index is 495. The maximum Gasteiger partial charge on any atom is 0.251 e. The SMILES string of the molecule is CN1CCCc2cc(C(=O)NCC3CCCO3)ccc21. The molecule has 2 aliphatic heterocycles. The molecule has 20 heavy (non-hydrogen) atoms. The largest absolute Gasteiger partial charge is 0.376 e. The lowest BCUT2D eigenvalue weighted by Gasteiger charge is -2.27. The molecule has 2 heterocycles. The van der Waals surface area contributed by atoms with Gasteiger partial charge < -0.3 is 15.0 Å². The van der Waals surface area contributed by atoms with E-state index in [-0.39, 0.29) is 12.0 Å². The van der Waals surface area contributed by atoms with Crippen molar-refractivity contribution in [2.45, 2.75) is 31.8 Å². The molecule has 1 unspecified atom stereocenters. The van der Waals surface area contributed by atoms with E-state index in [1.165, 1.54) is 11.3 Å². The summed E-state index contributed by atoms with van der Waals surface area (Å²) >= 11 is 0. The van der Waals surface area contributed by atoms with Crippen molar-refractivity contribution in [2.24, 2.45) is 0 Å². The number of anilines is 1. The molecule has 0 radical (unpaired) electrons. The van der Waals surface area contributed by atoms with E-state index in [4.69, 9.17) is 4.74 Å². The van der Waals surface area contributed by atoms with Crippen LogP contribution in [0.15, 0.2) is 18.2 Å². The van der Waals surface area contributed by atoms with Gasteiger partial charge in [0.2, 0.25) is 0 Å². The number of carbonyl (C=O) groups is 1. The molecule has 1 fully saturated rings. The van der Waals surface area contributed by atoms with Crippen molar-refractivity contribution in [1.82, 2.24) is 5.32 Å². The number of aryl methyl sites for hydroxylation is 1. The number of benzene rings is 1. The van der Waals surface area contributed by atoms with E-state index in [9.17, 15) is 4.79 Å². The lowest BCUT2D eigenvalue weighted by Crippen LogP contribution is -2.32. The Morgan fingerprint density at radius 2 is 2.35 bits per heavy atom. The number of nitrogens with zero attached hydrogens (tertiary/aromatic N) is 1. The van der Waals surface area contributed by atoms with Crippen LogP contribution in [0.2, 0.25) is 0 Å². The molecule has 1 saturated heterocycles. The minimum Gasteiger partial charge on any atom is -0.376 e. The first-order valence-corrected chi connectivity index (χ1v) is 7.48. The molecule has 108 valence electrons. The smallest absolute Gasteiger partial charge is 0.251 e. The molecule has 0 bridgehead atoms. The predicted octanol–water partition coefficient (Wildman–Crippen LogP) is 1.98. The number of nitrogens with one attached hydrogen (secondary N) is 1. The zero-order valence-electron chi connectivity index (χ0n) is 12.0. The first kappa shape index (κ1) is 13.4. The van der Waals surface area contributed by atoms with E-state index in [1.54, 1.807) is 0 Å². The fourth-order valence-electron chi connectivity index (χ4n) is 3.04. The Labute approximate surface area is 120 Å². The van der Waals surface area contributed by atoms with Crippen molar-refractivity contribution < 1.29 is 9.53 Å². The van der Waals surface area contributed by atoms with Gasteiger partial charge in [0.05, 0.1) is 6.10 Å². The van der Waals surface area contributed by atoms with Crippen LogP contribution in [-0.2, 0) is 11.2 Å². The minimum atomic E-state index is 0.0107. The highest BCUT2D eigenvalue weighted by Crippen LogP contribution is 2.26. The van der Waals surface area contributed by atoms with Gasteiger partial charge in [0, 0.05) is 38.0 Å². The Morgan fingerprint density at radius 3 is 3.15 bits per heavy atom. The van der Waals surface area contributed by atoms with Crippen molar-refractivity contribution >= 4 is 11.6 Å². The molecule has 0 saturated carbocycles. The monoisotopic (exact) mass is 274 g/mol. The van der Waals surface area contributed by atoms with E-state index in [2.05, 4.69) is 23.3 Å². The second-order valence-corrected chi connectivity index (χ2v) is 5.71. The van der Waals surface area contributed by atoms with Gasteiger partial charge in [-0.3, -0.25) is 4.79 Å². The molecule has 1 aromatic rings. The molecule has 3 rings (SSSR count). The average molecular weight is 274 g/mol. The molecule has 1 aromatic carbocycles. The minimum absolute atomic E-state index is 0.0107. The highest BCUT2D eigenvalue weighted by atomic mass is 16.5. The topological polar surface area (TPSA) is 41.6 Å². The van der Waals surface area contributed by atoms with Gasteiger partial charge in [-0.15, -0.1) is 0 Å². The van der Waals surface area contributed by atoms with Gasteiger partial charge in [-0.1, -0.05) is 0 Å². The van der Waals surface area contributed by atoms with Gasteiger partial charge in [0.1, 0.15) is 0 Å². The Kier molecular flexibility index (Phi) is 3.92. The van der Waals surface area contributed by atoms with Crippen LogP contribution in [0.25, 0.3) is 0 Å². The molecule has 0 aromatic heterocycles. The molecule has 0 spiro atoms. The van der Waals surface area contributed by atoms with Gasteiger partial charge in [0.25, 0.3) is 5.91 Å². The highest BCUT2D eigenvalue weighted by Gasteiger charge is 2.18. The third kappa shape index (κ3) is 2.80. The van der Waals surface area contributed by atoms with Gasteiger partial charge in [-0.05, 0) is 49.4 Å². The van der Waals surface area contributed by atoms with E-state index in [0.29, 0.717) is 6.54 Å². The number of fused-ring (bicyclic) bond motifs is 1. The summed E-state index contributed by atoms with van der Waals surface area (Å²) in [6.07, 6.45) is 4.57. The van der Waals surface area contributed by atoms with E-state index < -0.39 is 0 Å². The van der Waals surface area contributed by atoms with Crippen LogP contribution in [0, 0.1) is 0 Å². The second-order valence-electron chi connectivity index (χ2n) is 5.71. The third-order valence-electron chi connectivity index (χ3n) is 4.21. The third-order valence-corrected chi connectivity index (χ3v) is 4.21. The first-order chi connectivity index (χ1) is 9.74. The Hall–Kier alpha value is -1.55. The molecular formula is C16H22N2O2. The number of hydrogen-bond donors (Lipinski definition) is 1.